The Bertz CT molecular complexity index is 104. The van der Waals surface area contributed by atoms with Crippen molar-refractivity contribution >= 4 is 17.7 Å². The van der Waals surface area contributed by atoms with Gasteiger partial charge in [0.2, 0.25) is 0 Å². The highest BCUT2D eigenvalue weighted by Crippen LogP contribution is 2.05. The molecule has 0 spiro atoms. The summed E-state index contributed by atoms with van der Waals surface area (Å²) in [6.45, 7) is 4.19. The van der Waals surface area contributed by atoms with Gasteiger partial charge in [0, 0.05) is 5.75 Å². The molecule has 0 saturated carbocycles. The normalized spacial score (nSPS) is 12.7. The number of carbonyl (C=O) groups is 1. The Kier molecular flexibility index (Phi) is 5.49. The maximum absolute atomic E-state index is 10.9. The van der Waals surface area contributed by atoms with Crippen LogP contribution in [0.15, 0.2) is 0 Å². The van der Waals surface area contributed by atoms with E-state index in [2.05, 4.69) is 0 Å². The zero-order valence-corrected chi connectivity index (χ0v) is 7.53. The first-order chi connectivity index (χ1) is 4.72. The number of hydrogen-bond donors (Lipinski definition) is 0. The summed E-state index contributed by atoms with van der Waals surface area (Å²) in [6.07, 6.45) is 1.98. The summed E-state index contributed by atoms with van der Waals surface area (Å²) in [5, 5.41) is 0. The average molecular weight is 162 g/mol. The summed E-state index contributed by atoms with van der Waals surface area (Å²) in [5.41, 5.74) is 0. The minimum Gasteiger partial charge on any atom is -0.466 e. The second-order valence-corrected chi connectivity index (χ2v) is 3.02. The van der Waals surface area contributed by atoms with Crippen LogP contribution in [0.25, 0.3) is 0 Å². The maximum atomic E-state index is 10.9. The Hall–Kier alpha value is -0.180. The van der Waals surface area contributed by atoms with E-state index < -0.39 is 0 Å². The van der Waals surface area contributed by atoms with E-state index in [1.807, 2.05) is 20.1 Å². The van der Waals surface area contributed by atoms with Crippen molar-refractivity contribution in [3.05, 3.63) is 0 Å². The van der Waals surface area contributed by atoms with E-state index in [9.17, 15) is 4.79 Å². The van der Waals surface area contributed by atoms with Crippen LogP contribution >= 0.6 is 11.8 Å². The number of hydrogen-bond acceptors (Lipinski definition) is 3. The monoisotopic (exact) mass is 162 g/mol. The molecular weight excluding hydrogens is 148 g/mol. The molecule has 0 aromatic carbocycles. The largest absolute Gasteiger partial charge is 0.466 e. The van der Waals surface area contributed by atoms with Crippen LogP contribution in [0.5, 0.6) is 0 Å². The quantitative estimate of drug-likeness (QED) is 0.587. The molecule has 0 aliphatic heterocycles. The molecule has 0 aliphatic carbocycles. The van der Waals surface area contributed by atoms with Crippen LogP contribution in [-0.4, -0.2) is 24.6 Å². The molecule has 0 aromatic heterocycles. The summed E-state index contributed by atoms with van der Waals surface area (Å²) >= 11 is 1.66. The third-order valence-electron chi connectivity index (χ3n) is 1.11. The van der Waals surface area contributed by atoms with Gasteiger partial charge in [-0.3, -0.25) is 4.79 Å². The van der Waals surface area contributed by atoms with Crippen LogP contribution in [0.1, 0.15) is 13.8 Å². The van der Waals surface area contributed by atoms with Gasteiger partial charge in [-0.05, 0) is 13.2 Å². The molecule has 0 fully saturated rings. The Morgan fingerprint density at radius 3 is 2.70 bits per heavy atom. The van der Waals surface area contributed by atoms with Crippen molar-refractivity contribution < 1.29 is 9.53 Å². The van der Waals surface area contributed by atoms with Gasteiger partial charge in [-0.2, -0.15) is 11.8 Å². The minimum absolute atomic E-state index is 0.0370. The second kappa shape index (κ2) is 5.59. The number of ether oxygens (including phenoxy) is 1. The van der Waals surface area contributed by atoms with E-state index in [0.29, 0.717) is 6.61 Å². The summed E-state index contributed by atoms with van der Waals surface area (Å²) < 4.78 is 4.80. The summed E-state index contributed by atoms with van der Waals surface area (Å²) in [6, 6.07) is 0. The maximum Gasteiger partial charge on any atom is 0.309 e. The van der Waals surface area contributed by atoms with Crippen LogP contribution in [0.2, 0.25) is 0 Å². The van der Waals surface area contributed by atoms with E-state index in [1.54, 1.807) is 11.8 Å². The molecule has 1 atom stereocenters. The van der Waals surface area contributed by atoms with E-state index >= 15 is 0 Å². The SMILES string of the molecule is CCOC(=O)[C@H](C)CSC. The summed E-state index contributed by atoms with van der Waals surface area (Å²) in [7, 11) is 0. The molecular formula is C7H14O2S. The molecule has 0 N–H and O–H groups in total. The van der Waals surface area contributed by atoms with Gasteiger partial charge in [0.25, 0.3) is 0 Å². The lowest BCUT2D eigenvalue weighted by atomic mass is 10.2. The molecule has 0 saturated heterocycles. The lowest BCUT2D eigenvalue weighted by Gasteiger charge is -2.07. The standard InChI is InChI=1S/C7H14O2S/c1-4-9-7(8)6(2)5-10-3/h6H,4-5H2,1-3H3/t6-/m1/s1. The molecule has 0 radical (unpaired) electrons. The van der Waals surface area contributed by atoms with Gasteiger partial charge < -0.3 is 4.74 Å². The van der Waals surface area contributed by atoms with Crippen LogP contribution in [-0.2, 0) is 9.53 Å². The van der Waals surface area contributed by atoms with Crippen molar-refractivity contribution in [2.24, 2.45) is 5.92 Å². The average Bonchev–Trinajstić information content (AvgIpc) is 1.89. The lowest BCUT2D eigenvalue weighted by Crippen LogP contribution is -2.16. The van der Waals surface area contributed by atoms with E-state index in [0.717, 1.165) is 5.75 Å². The Balaban J connectivity index is 3.49. The topological polar surface area (TPSA) is 26.3 Å². The van der Waals surface area contributed by atoms with Crippen LogP contribution in [0, 0.1) is 5.92 Å². The number of carbonyl (C=O) groups excluding carboxylic acids is 1. The molecule has 10 heavy (non-hydrogen) atoms. The third-order valence-corrected chi connectivity index (χ3v) is 1.94. The summed E-state index contributed by atoms with van der Waals surface area (Å²) in [5.74, 6) is 0.797. The van der Waals surface area contributed by atoms with Gasteiger partial charge in [0.15, 0.2) is 0 Å². The first kappa shape index (κ1) is 9.82. The first-order valence-electron chi connectivity index (χ1n) is 3.38. The fourth-order valence-corrected chi connectivity index (χ4v) is 1.24. The molecule has 0 aliphatic rings. The predicted molar refractivity (Wildman–Crippen MR) is 44.2 cm³/mol. The van der Waals surface area contributed by atoms with Gasteiger partial charge in [0.1, 0.15) is 0 Å². The van der Waals surface area contributed by atoms with Crippen LogP contribution in [0.3, 0.4) is 0 Å². The van der Waals surface area contributed by atoms with Gasteiger partial charge >= 0.3 is 5.97 Å². The fraction of sp³-hybridized carbons (Fsp3) is 0.857. The molecule has 3 heteroatoms. The predicted octanol–water partition coefficient (Wildman–Crippen LogP) is 1.55. The smallest absolute Gasteiger partial charge is 0.309 e. The van der Waals surface area contributed by atoms with Crippen molar-refractivity contribution in [3.8, 4) is 0 Å². The van der Waals surface area contributed by atoms with Crippen molar-refractivity contribution in [2.45, 2.75) is 13.8 Å². The molecule has 0 heterocycles. The minimum atomic E-state index is -0.0862. The highest BCUT2D eigenvalue weighted by Gasteiger charge is 2.11. The Morgan fingerprint density at radius 2 is 2.30 bits per heavy atom. The molecule has 0 rings (SSSR count). The van der Waals surface area contributed by atoms with Gasteiger partial charge in [-0.1, -0.05) is 6.92 Å². The molecule has 0 unspecified atom stereocenters. The summed E-state index contributed by atoms with van der Waals surface area (Å²) in [4.78, 5) is 10.9. The number of thioether (sulfide) groups is 1. The highest BCUT2D eigenvalue weighted by molar-refractivity contribution is 7.98. The van der Waals surface area contributed by atoms with Crippen LogP contribution < -0.4 is 0 Å². The molecule has 0 aromatic rings. The molecule has 2 nitrogen and oxygen atoms in total. The zero-order valence-electron chi connectivity index (χ0n) is 6.72. The molecule has 0 amide bonds. The number of esters is 1. The molecule has 60 valence electrons. The Labute approximate surface area is 66.3 Å². The molecule has 0 bridgehead atoms. The van der Waals surface area contributed by atoms with E-state index in [4.69, 9.17) is 4.74 Å². The third kappa shape index (κ3) is 3.77. The first-order valence-corrected chi connectivity index (χ1v) is 4.77. The van der Waals surface area contributed by atoms with Crippen molar-refractivity contribution in [1.82, 2.24) is 0 Å². The van der Waals surface area contributed by atoms with Crippen molar-refractivity contribution in [3.63, 3.8) is 0 Å². The highest BCUT2D eigenvalue weighted by atomic mass is 32.2. The second-order valence-electron chi connectivity index (χ2n) is 2.11. The fourth-order valence-electron chi connectivity index (χ4n) is 0.603. The Morgan fingerprint density at radius 1 is 1.70 bits per heavy atom. The number of rotatable bonds is 4. The van der Waals surface area contributed by atoms with E-state index in [-0.39, 0.29) is 11.9 Å². The van der Waals surface area contributed by atoms with Gasteiger partial charge in [0.05, 0.1) is 12.5 Å². The van der Waals surface area contributed by atoms with Gasteiger partial charge in [-0.15, -0.1) is 0 Å². The van der Waals surface area contributed by atoms with Crippen molar-refractivity contribution in [1.29, 1.82) is 0 Å². The van der Waals surface area contributed by atoms with Crippen LogP contribution in [0.4, 0.5) is 0 Å². The zero-order chi connectivity index (χ0) is 7.98. The van der Waals surface area contributed by atoms with Crippen molar-refractivity contribution in [2.75, 3.05) is 18.6 Å². The lowest BCUT2D eigenvalue weighted by molar-refractivity contribution is -0.146. The van der Waals surface area contributed by atoms with E-state index in [1.165, 1.54) is 0 Å². The van der Waals surface area contributed by atoms with Gasteiger partial charge in [-0.25, -0.2) is 0 Å².